The first-order valence-electron chi connectivity index (χ1n) is 10.4. The Kier molecular flexibility index (Phi) is 6.47. The molecule has 8 heteroatoms. The molecule has 5 N–H and O–H groups in total. The molecule has 0 aromatic heterocycles. The van der Waals surface area contributed by atoms with Gasteiger partial charge in [0.15, 0.2) is 0 Å². The van der Waals surface area contributed by atoms with Crippen LogP contribution in [0.3, 0.4) is 0 Å². The maximum Gasteiger partial charge on any atom is 0.287 e. The molecular formula is C21H36N4O4. The highest BCUT2D eigenvalue weighted by Crippen LogP contribution is 2.65. The zero-order chi connectivity index (χ0) is 22.3. The predicted octanol–water partition coefficient (Wildman–Crippen LogP) is 0.572. The number of primary amides is 1. The molecule has 0 aromatic rings. The zero-order valence-corrected chi connectivity index (χ0v) is 18.5. The Morgan fingerprint density at radius 3 is 2.28 bits per heavy atom. The van der Waals surface area contributed by atoms with E-state index in [0.29, 0.717) is 19.4 Å². The SMILES string of the molecule is CCCCC(NC(=O)[C@@H]1[C@@H]2C(CN1C(=O)[C@@H](N)C(C)(C)C)C2(C)C)C(=O)C(N)=O. The fourth-order valence-corrected chi connectivity index (χ4v) is 4.47. The number of nitrogens with zero attached hydrogens (tertiary/aromatic N) is 1. The Hall–Kier alpha value is -1.96. The highest BCUT2D eigenvalue weighted by Gasteiger charge is 2.69. The van der Waals surface area contributed by atoms with Gasteiger partial charge in [-0.05, 0) is 29.1 Å². The molecule has 1 saturated heterocycles. The molecule has 2 aliphatic rings. The van der Waals surface area contributed by atoms with Crippen LogP contribution in [0.5, 0.6) is 0 Å². The molecule has 3 amide bonds. The Balaban J connectivity index is 2.24. The number of unbranched alkanes of at least 4 members (excludes halogenated alkanes) is 1. The van der Waals surface area contributed by atoms with E-state index >= 15 is 0 Å². The molecule has 164 valence electrons. The van der Waals surface area contributed by atoms with Crippen molar-refractivity contribution in [2.45, 2.75) is 78.9 Å². The lowest BCUT2D eigenvalue weighted by molar-refractivity contribution is -0.144. The zero-order valence-electron chi connectivity index (χ0n) is 18.5. The average molecular weight is 409 g/mol. The first-order chi connectivity index (χ1) is 13.2. The van der Waals surface area contributed by atoms with Crippen molar-refractivity contribution in [3.63, 3.8) is 0 Å². The summed E-state index contributed by atoms with van der Waals surface area (Å²) in [5.41, 5.74) is 10.8. The molecule has 1 aliphatic carbocycles. The number of amides is 3. The molecule has 1 aliphatic heterocycles. The van der Waals surface area contributed by atoms with E-state index in [1.807, 2.05) is 27.7 Å². The van der Waals surface area contributed by atoms with E-state index < -0.39 is 41.1 Å². The van der Waals surface area contributed by atoms with Gasteiger partial charge in [-0.3, -0.25) is 19.2 Å². The van der Waals surface area contributed by atoms with Gasteiger partial charge in [-0.15, -0.1) is 0 Å². The standard InChI is InChI=1S/C21H36N4O4/c1-7-8-9-12(15(26)17(23)27)24-18(28)14-13-11(21(13,5)6)10-25(14)19(29)16(22)20(2,3)4/h11-14,16H,7-10,22H2,1-6H3,(H2,23,27)(H,24,28)/t11?,12?,13-,14-,16+/m0/s1. The third-order valence-electron chi connectivity index (χ3n) is 6.68. The second-order valence-electron chi connectivity index (χ2n) is 10.2. The molecule has 8 nitrogen and oxygen atoms in total. The van der Waals surface area contributed by atoms with Crippen molar-refractivity contribution in [3.05, 3.63) is 0 Å². The maximum absolute atomic E-state index is 13.2. The number of hydrogen-bond acceptors (Lipinski definition) is 5. The van der Waals surface area contributed by atoms with E-state index in [1.165, 1.54) is 0 Å². The first kappa shape index (κ1) is 23.3. The Morgan fingerprint density at radius 2 is 1.79 bits per heavy atom. The molecule has 0 bridgehead atoms. The molecule has 29 heavy (non-hydrogen) atoms. The van der Waals surface area contributed by atoms with Crippen LogP contribution in [0, 0.1) is 22.7 Å². The first-order valence-corrected chi connectivity index (χ1v) is 10.4. The summed E-state index contributed by atoms with van der Waals surface area (Å²) in [5.74, 6) is -2.31. The van der Waals surface area contributed by atoms with Gasteiger partial charge < -0.3 is 21.7 Å². The molecule has 1 heterocycles. The van der Waals surface area contributed by atoms with Crippen molar-refractivity contribution < 1.29 is 19.2 Å². The van der Waals surface area contributed by atoms with Crippen molar-refractivity contribution in [1.29, 1.82) is 0 Å². The number of likely N-dealkylation sites (tertiary alicyclic amines) is 1. The molecular weight excluding hydrogens is 372 g/mol. The third-order valence-corrected chi connectivity index (χ3v) is 6.68. The molecule has 2 unspecified atom stereocenters. The van der Waals surface area contributed by atoms with Gasteiger partial charge >= 0.3 is 0 Å². The van der Waals surface area contributed by atoms with Crippen molar-refractivity contribution in [2.75, 3.05) is 6.54 Å². The predicted molar refractivity (Wildman–Crippen MR) is 109 cm³/mol. The highest BCUT2D eigenvalue weighted by atomic mass is 16.2. The van der Waals surface area contributed by atoms with Crippen LogP contribution in [0.25, 0.3) is 0 Å². The lowest BCUT2D eigenvalue weighted by Crippen LogP contribution is -2.58. The van der Waals surface area contributed by atoms with Crippen LogP contribution >= 0.6 is 0 Å². The van der Waals surface area contributed by atoms with Crippen molar-refractivity contribution in [3.8, 4) is 0 Å². The van der Waals surface area contributed by atoms with Crippen molar-refractivity contribution >= 4 is 23.5 Å². The quantitative estimate of drug-likeness (QED) is 0.505. The molecule has 1 saturated carbocycles. The van der Waals surface area contributed by atoms with E-state index in [1.54, 1.807) is 4.90 Å². The number of piperidine rings is 1. The summed E-state index contributed by atoms with van der Waals surface area (Å²) >= 11 is 0. The Morgan fingerprint density at radius 1 is 1.21 bits per heavy atom. The van der Waals surface area contributed by atoms with Gasteiger partial charge in [0.05, 0.1) is 12.1 Å². The molecule has 0 spiro atoms. The Bertz CT molecular complexity index is 697. The summed E-state index contributed by atoms with van der Waals surface area (Å²) in [6, 6.07) is -2.39. The van der Waals surface area contributed by atoms with Crippen LogP contribution in [0.15, 0.2) is 0 Å². The smallest absolute Gasteiger partial charge is 0.287 e. The fourth-order valence-electron chi connectivity index (χ4n) is 4.47. The molecule has 2 fully saturated rings. The maximum atomic E-state index is 13.2. The van der Waals surface area contributed by atoms with Crippen LogP contribution in [0.1, 0.15) is 60.8 Å². The van der Waals surface area contributed by atoms with Crippen LogP contribution < -0.4 is 16.8 Å². The van der Waals surface area contributed by atoms with E-state index in [4.69, 9.17) is 11.5 Å². The lowest BCUT2D eigenvalue weighted by atomic mass is 9.86. The summed E-state index contributed by atoms with van der Waals surface area (Å²) in [4.78, 5) is 51.4. The van der Waals surface area contributed by atoms with Gasteiger partial charge in [0.1, 0.15) is 6.04 Å². The number of nitrogens with two attached hydrogens (primary N) is 2. The van der Waals surface area contributed by atoms with Gasteiger partial charge in [0.25, 0.3) is 5.91 Å². The number of carbonyl (C=O) groups excluding carboxylic acids is 4. The molecule has 2 rings (SSSR count). The van der Waals surface area contributed by atoms with Gasteiger partial charge in [-0.1, -0.05) is 54.4 Å². The van der Waals surface area contributed by atoms with E-state index in [0.717, 1.165) is 6.42 Å². The van der Waals surface area contributed by atoms with E-state index in [-0.39, 0.29) is 23.2 Å². The van der Waals surface area contributed by atoms with Crippen LogP contribution in [-0.4, -0.2) is 53.1 Å². The molecule has 0 radical (unpaired) electrons. The van der Waals surface area contributed by atoms with Crippen molar-refractivity contribution in [1.82, 2.24) is 10.2 Å². The second-order valence-corrected chi connectivity index (χ2v) is 10.2. The average Bonchev–Trinajstić information content (AvgIpc) is 2.96. The second kappa shape index (κ2) is 8.05. The van der Waals surface area contributed by atoms with Crippen LogP contribution in [0.2, 0.25) is 0 Å². The largest absolute Gasteiger partial charge is 0.363 e. The van der Waals surface area contributed by atoms with Gasteiger partial charge in [0.2, 0.25) is 17.6 Å². The fraction of sp³-hybridized carbons (Fsp3) is 0.810. The van der Waals surface area contributed by atoms with Gasteiger partial charge in [-0.2, -0.15) is 0 Å². The van der Waals surface area contributed by atoms with Crippen LogP contribution in [-0.2, 0) is 19.2 Å². The molecule has 0 aromatic carbocycles. The minimum absolute atomic E-state index is 0.00845. The lowest BCUT2D eigenvalue weighted by Gasteiger charge is -2.36. The summed E-state index contributed by atoms with van der Waals surface area (Å²) in [7, 11) is 0. The normalized spacial score (nSPS) is 27.0. The summed E-state index contributed by atoms with van der Waals surface area (Å²) < 4.78 is 0. The summed E-state index contributed by atoms with van der Waals surface area (Å²) in [5, 5.41) is 2.71. The number of ketones is 1. The number of fused-ring (bicyclic) bond motifs is 1. The highest BCUT2D eigenvalue weighted by molar-refractivity contribution is 6.37. The number of nitrogens with one attached hydrogen (secondary N) is 1. The Labute approximate surface area is 173 Å². The number of rotatable bonds is 8. The summed E-state index contributed by atoms with van der Waals surface area (Å²) in [6.45, 7) is 12.2. The van der Waals surface area contributed by atoms with E-state index in [2.05, 4.69) is 19.2 Å². The molecule has 5 atom stereocenters. The van der Waals surface area contributed by atoms with Crippen molar-refractivity contribution in [2.24, 2.45) is 34.1 Å². The minimum atomic E-state index is -1.06. The van der Waals surface area contributed by atoms with Crippen LogP contribution in [0.4, 0.5) is 0 Å². The minimum Gasteiger partial charge on any atom is -0.363 e. The monoisotopic (exact) mass is 408 g/mol. The summed E-state index contributed by atoms with van der Waals surface area (Å²) in [6.07, 6.45) is 1.82. The van der Waals surface area contributed by atoms with Gasteiger partial charge in [0, 0.05) is 6.54 Å². The number of hydrogen-bond donors (Lipinski definition) is 3. The van der Waals surface area contributed by atoms with Gasteiger partial charge in [-0.25, -0.2) is 0 Å². The number of Topliss-reactive ketones (excluding diaryl/α,β-unsaturated/α-hetero) is 1. The topological polar surface area (TPSA) is 136 Å². The number of carbonyl (C=O) groups is 4. The van der Waals surface area contributed by atoms with E-state index in [9.17, 15) is 19.2 Å². The third kappa shape index (κ3) is 4.47.